The van der Waals surface area contributed by atoms with E-state index in [1.807, 2.05) is 38.1 Å². The smallest absolute Gasteiger partial charge is 0.337 e. The molecule has 1 unspecified atom stereocenters. The minimum atomic E-state index is -0.485. The lowest BCUT2D eigenvalue weighted by molar-refractivity contribution is 0.0600. The summed E-state index contributed by atoms with van der Waals surface area (Å²) in [5.74, 6) is -0.886. The van der Waals surface area contributed by atoms with Crippen LogP contribution in [0.4, 0.5) is 10.1 Å². The molecule has 0 amide bonds. The third kappa shape index (κ3) is 3.60. The van der Waals surface area contributed by atoms with Gasteiger partial charge in [0.15, 0.2) is 0 Å². The number of halogens is 1. The topological polar surface area (TPSA) is 38.3 Å². The zero-order chi connectivity index (χ0) is 15.4. The molecule has 110 valence electrons. The molecule has 0 heterocycles. The Balaban J connectivity index is 2.24. The van der Waals surface area contributed by atoms with E-state index >= 15 is 0 Å². The Morgan fingerprint density at radius 2 is 2.00 bits per heavy atom. The van der Waals surface area contributed by atoms with E-state index in [0.29, 0.717) is 5.56 Å². The monoisotopic (exact) mass is 287 g/mol. The normalized spacial score (nSPS) is 11.8. The number of aryl methyl sites for hydroxylation is 1. The number of benzene rings is 2. The Morgan fingerprint density at radius 1 is 1.24 bits per heavy atom. The van der Waals surface area contributed by atoms with E-state index in [0.717, 1.165) is 11.1 Å². The molecular weight excluding hydrogens is 269 g/mol. The minimum Gasteiger partial charge on any atom is -0.465 e. The number of nitrogens with one attached hydrogen (secondary N) is 1. The van der Waals surface area contributed by atoms with Crippen LogP contribution in [-0.4, -0.2) is 13.1 Å². The van der Waals surface area contributed by atoms with Gasteiger partial charge in [0.2, 0.25) is 0 Å². The molecule has 0 aliphatic rings. The summed E-state index contributed by atoms with van der Waals surface area (Å²) in [4.78, 5) is 11.5. The second kappa shape index (κ2) is 6.39. The Kier molecular flexibility index (Phi) is 4.58. The van der Waals surface area contributed by atoms with Crippen LogP contribution in [0.2, 0.25) is 0 Å². The molecular formula is C17H18FNO2. The van der Waals surface area contributed by atoms with Crippen LogP contribution < -0.4 is 5.32 Å². The van der Waals surface area contributed by atoms with Crippen molar-refractivity contribution in [1.29, 1.82) is 0 Å². The van der Waals surface area contributed by atoms with E-state index in [1.165, 1.54) is 25.3 Å². The maximum Gasteiger partial charge on any atom is 0.337 e. The Morgan fingerprint density at radius 3 is 2.67 bits per heavy atom. The van der Waals surface area contributed by atoms with Gasteiger partial charge in [0.05, 0.1) is 18.4 Å². The van der Waals surface area contributed by atoms with Crippen molar-refractivity contribution in [3.05, 3.63) is 65.0 Å². The van der Waals surface area contributed by atoms with Gasteiger partial charge < -0.3 is 10.1 Å². The highest BCUT2D eigenvalue weighted by Gasteiger charge is 2.12. The Bertz CT molecular complexity index is 655. The molecule has 0 bridgehead atoms. The summed E-state index contributed by atoms with van der Waals surface area (Å²) >= 11 is 0. The highest BCUT2D eigenvalue weighted by atomic mass is 19.1. The van der Waals surface area contributed by atoms with Crippen LogP contribution in [0.1, 0.15) is 34.5 Å². The van der Waals surface area contributed by atoms with Crippen molar-refractivity contribution in [1.82, 2.24) is 0 Å². The van der Waals surface area contributed by atoms with Gasteiger partial charge in [-0.1, -0.05) is 29.8 Å². The molecule has 0 aliphatic carbocycles. The van der Waals surface area contributed by atoms with Crippen molar-refractivity contribution in [3.63, 3.8) is 0 Å². The van der Waals surface area contributed by atoms with Crippen molar-refractivity contribution in [3.8, 4) is 0 Å². The molecule has 2 aromatic rings. The number of carbonyl (C=O) groups excluding carboxylic acids is 1. The van der Waals surface area contributed by atoms with E-state index in [9.17, 15) is 9.18 Å². The third-order valence-corrected chi connectivity index (χ3v) is 3.30. The van der Waals surface area contributed by atoms with E-state index in [2.05, 4.69) is 10.1 Å². The lowest BCUT2D eigenvalue weighted by atomic mass is 10.1. The first-order chi connectivity index (χ1) is 10.0. The van der Waals surface area contributed by atoms with E-state index in [1.54, 1.807) is 0 Å². The predicted molar refractivity (Wildman–Crippen MR) is 81.0 cm³/mol. The zero-order valence-corrected chi connectivity index (χ0v) is 12.3. The minimum absolute atomic E-state index is 0.0766. The Labute approximate surface area is 123 Å². The molecule has 0 saturated carbocycles. The van der Waals surface area contributed by atoms with Gasteiger partial charge in [-0.2, -0.15) is 0 Å². The van der Waals surface area contributed by atoms with Gasteiger partial charge in [-0.15, -0.1) is 0 Å². The lowest BCUT2D eigenvalue weighted by Crippen LogP contribution is -2.10. The van der Waals surface area contributed by atoms with Crippen LogP contribution in [0.25, 0.3) is 0 Å². The molecule has 0 aromatic heterocycles. The molecule has 2 rings (SSSR count). The largest absolute Gasteiger partial charge is 0.465 e. The molecule has 4 heteroatoms. The van der Waals surface area contributed by atoms with Crippen LogP contribution in [0, 0.1) is 12.7 Å². The first-order valence-electron chi connectivity index (χ1n) is 6.72. The SMILES string of the molecule is COC(=O)c1ccc(F)c(NC(C)c2cccc(C)c2)c1. The lowest BCUT2D eigenvalue weighted by Gasteiger charge is -2.17. The number of hydrogen-bond acceptors (Lipinski definition) is 3. The molecule has 0 saturated heterocycles. The van der Waals surface area contributed by atoms with Gasteiger partial charge in [-0.25, -0.2) is 9.18 Å². The molecule has 0 radical (unpaired) electrons. The molecule has 1 atom stereocenters. The van der Waals surface area contributed by atoms with Crippen LogP contribution in [0.5, 0.6) is 0 Å². The van der Waals surface area contributed by atoms with Crippen molar-refractivity contribution in [2.24, 2.45) is 0 Å². The standard InChI is InChI=1S/C17H18FNO2/c1-11-5-4-6-13(9-11)12(2)19-16-10-14(17(20)21-3)7-8-15(16)18/h4-10,12,19H,1-3H3. The fourth-order valence-corrected chi connectivity index (χ4v) is 2.14. The van der Waals surface area contributed by atoms with E-state index < -0.39 is 11.8 Å². The van der Waals surface area contributed by atoms with E-state index in [4.69, 9.17) is 0 Å². The predicted octanol–water partition coefficient (Wildman–Crippen LogP) is 4.09. The number of hydrogen-bond donors (Lipinski definition) is 1. The summed E-state index contributed by atoms with van der Waals surface area (Å²) in [5, 5.41) is 3.09. The number of rotatable bonds is 4. The first-order valence-corrected chi connectivity index (χ1v) is 6.72. The Hall–Kier alpha value is -2.36. The van der Waals surface area contributed by atoms with Gasteiger partial charge in [-0.05, 0) is 37.6 Å². The van der Waals surface area contributed by atoms with Crippen molar-refractivity contribution in [2.75, 3.05) is 12.4 Å². The zero-order valence-electron chi connectivity index (χ0n) is 12.3. The molecule has 1 N–H and O–H groups in total. The summed E-state index contributed by atoms with van der Waals surface area (Å²) in [7, 11) is 1.30. The molecule has 0 aliphatic heterocycles. The van der Waals surface area contributed by atoms with Crippen molar-refractivity contribution in [2.45, 2.75) is 19.9 Å². The quantitative estimate of drug-likeness (QED) is 0.861. The fraction of sp³-hybridized carbons (Fsp3) is 0.235. The second-order valence-electron chi connectivity index (χ2n) is 4.97. The summed E-state index contributed by atoms with van der Waals surface area (Å²) in [6.07, 6.45) is 0. The first kappa shape index (κ1) is 15.0. The van der Waals surface area contributed by atoms with Gasteiger partial charge >= 0.3 is 5.97 Å². The maximum atomic E-state index is 13.9. The highest BCUT2D eigenvalue weighted by molar-refractivity contribution is 5.90. The average molecular weight is 287 g/mol. The molecule has 3 nitrogen and oxygen atoms in total. The average Bonchev–Trinajstić information content (AvgIpc) is 2.48. The summed E-state index contributed by atoms with van der Waals surface area (Å²) in [5.41, 5.74) is 2.80. The molecule has 21 heavy (non-hydrogen) atoms. The number of ether oxygens (including phenoxy) is 1. The van der Waals surface area contributed by atoms with Crippen LogP contribution >= 0.6 is 0 Å². The maximum absolute atomic E-state index is 13.9. The van der Waals surface area contributed by atoms with Crippen molar-refractivity contribution < 1.29 is 13.9 Å². The fourth-order valence-electron chi connectivity index (χ4n) is 2.14. The van der Waals surface area contributed by atoms with Crippen LogP contribution in [0.3, 0.4) is 0 Å². The summed E-state index contributed by atoms with van der Waals surface area (Å²) < 4.78 is 18.5. The molecule has 2 aromatic carbocycles. The molecule has 0 spiro atoms. The molecule has 0 fully saturated rings. The highest BCUT2D eigenvalue weighted by Crippen LogP contribution is 2.23. The van der Waals surface area contributed by atoms with Gasteiger partial charge in [-0.3, -0.25) is 0 Å². The number of anilines is 1. The number of carbonyl (C=O) groups is 1. The van der Waals surface area contributed by atoms with Crippen LogP contribution in [0.15, 0.2) is 42.5 Å². The third-order valence-electron chi connectivity index (χ3n) is 3.30. The van der Waals surface area contributed by atoms with Gasteiger partial charge in [0.1, 0.15) is 5.82 Å². The number of esters is 1. The second-order valence-corrected chi connectivity index (χ2v) is 4.97. The van der Waals surface area contributed by atoms with Crippen molar-refractivity contribution >= 4 is 11.7 Å². The summed E-state index contributed by atoms with van der Waals surface area (Å²) in [6.45, 7) is 3.95. The van der Waals surface area contributed by atoms with Gasteiger partial charge in [0, 0.05) is 6.04 Å². The van der Waals surface area contributed by atoms with E-state index in [-0.39, 0.29) is 11.7 Å². The van der Waals surface area contributed by atoms with Gasteiger partial charge in [0.25, 0.3) is 0 Å². The summed E-state index contributed by atoms with van der Waals surface area (Å²) in [6, 6.07) is 12.0. The number of methoxy groups -OCH3 is 1. The van der Waals surface area contributed by atoms with Crippen LogP contribution in [-0.2, 0) is 4.74 Å².